The van der Waals surface area contributed by atoms with Gasteiger partial charge < -0.3 is 5.32 Å². The van der Waals surface area contributed by atoms with Gasteiger partial charge in [0, 0.05) is 4.47 Å². The van der Waals surface area contributed by atoms with Gasteiger partial charge in [0.2, 0.25) is 0 Å². The highest BCUT2D eigenvalue weighted by atomic mass is 79.9. The molecular weight excluding hydrogens is 380 g/mol. The Kier molecular flexibility index (Phi) is 4.45. The second-order valence-electron chi connectivity index (χ2n) is 7.20. The predicted octanol–water partition coefficient (Wildman–Crippen LogP) is 4.16. The lowest BCUT2D eigenvalue weighted by Gasteiger charge is -2.37. The molecule has 0 radical (unpaired) electrons. The number of halogens is 1. The Labute approximate surface area is 156 Å². The molecule has 2 aromatic rings. The highest BCUT2D eigenvalue weighted by Crippen LogP contribution is 2.41. The van der Waals surface area contributed by atoms with Gasteiger partial charge in [0.25, 0.3) is 5.91 Å². The van der Waals surface area contributed by atoms with E-state index in [0.717, 1.165) is 21.2 Å². The number of rotatable bonds is 4. The first-order valence-corrected chi connectivity index (χ1v) is 9.00. The summed E-state index contributed by atoms with van der Waals surface area (Å²) in [5, 5.41) is 5.33. The first kappa shape index (κ1) is 17.7. The highest BCUT2D eigenvalue weighted by molar-refractivity contribution is 9.10. The van der Waals surface area contributed by atoms with Crippen LogP contribution in [-0.4, -0.2) is 11.9 Å². The third-order valence-electron chi connectivity index (χ3n) is 4.86. The van der Waals surface area contributed by atoms with Crippen LogP contribution in [0.15, 0.2) is 53.0 Å². The van der Waals surface area contributed by atoms with E-state index in [0.29, 0.717) is 6.42 Å². The van der Waals surface area contributed by atoms with Crippen LogP contribution < -0.4 is 10.6 Å². The maximum atomic E-state index is 12.9. The maximum absolute atomic E-state index is 12.9. The number of benzene rings is 2. The average Bonchev–Trinajstić information content (AvgIpc) is 2.84. The number of aryl methyl sites for hydroxylation is 1. The summed E-state index contributed by atoms with van der Waals surface area (Å²) in [7, 11) is 0. The van der Waals surface area contributed by atoms with Crippen LogP contribution in [0.2, 0.25) is 0 Å². The van der Waals surface area contributed by atoms with Gasteiger partial charge in [-0.2, -0.15) is 0 Å². The van der Waals surface area contributed by atoms with Crippen LogP contribution >= 0.6 is 15.9 Å². The zero-order valence-electron chi connectivity index (χ0n) is 14.5. The minimum Gasteiger partial charge on any atom is -0.319 e. The van der Waals surface area contributed by atoms with Crippen molar-refractivity contribution < 1.29 is 9.59 Å². The molecule has 1 unspecified atom stereocenters. The third kappa shape index (κ3) is 3.21. The Morgan fingerprint density at radius 1 is 1.08 bits per heavy atom. The Bertz CT molecular complexity index is 833. The van der Waals surface area contributed by atoms with Gasteiger partial charge in [0.15, 0.2) is 0 Å². The van der Waals surface area contributed by atoms with Crippen molar-refractivity contribution in [1.29, 1.82) is 0 Å². The number of imide groups is 1. The van der Waals surface area contributed by atoms with Gasteiger partial charge in [-0.05, 0) is 47.6 Å². The molecule has 130 valence electrons. The van der Waals surface area contributed by atoms with Crippen molar-refractivity contribution in [1.82, 2.24) is 10.6 Å². The van der Waals surface area contributed by atoms with E-state index >= 15 is 0 Å². The van der Waals surface area contributed by atoms with E-state index in [1.807, 2.05) is 43.3 Å². The lowest BCUT2D eigenvalue weighted by atomic mass is 9.70. The number of hydrogen-bond donors (Lipinski definition) is 2. The van der Waals surface area contributed by atoms with Crippen LogP contribution in [0, 0.1) is 6.92 Å². The summed E-state index contributed by atoms with van der Waals surface area (Å²) in [6.45, 7) is 6.14. The van der Waals surface area contributed by atoms with Gasteiger partial charge in [-0.1, -0.05) is 66.2 Å². The smallest absolute Gasteiger partial charge is 0.319 e. The topological polar surface area (TPSA) is 58.2 Å². The molecule has 4 nitrogen and oxygen atoms in total. The number of nitrogens with one attached hydrogen (secondary N) is 2. The second kappa shape index (κ2) is 6.30. The quantitative estimate of drug-likeness (QED) is 0.756. The van der Waals surface area contributed by atoms with Crippen LogP contribution in [-0.2, 0) is 15.7 Å². The largest absolute Gasteiger partial charge is 0.322 e. The maximum Gasteiger partial charge on any atom is 0.322 e. The minimum absolute atomic E-state index is 0.303. The van der Waals surface area contributed by atoms with Gasteiger partial charge in [0.05, 0.1) is 0 Å². The fourth-order valence-corrected chi connectivity index (χ4v) is 3.97. The van der Waals surface area contributed by atoms with Gasteiger partial charge in [-0.25, -0.2) is 4.79 Å². The van der Waals surface area contributed by atoms with Gasteiger partial charge in [-0.15, -0.1) is 0 Å². The van der Waals surface area contributed by atoms with Crippen LogP contribution in [0.25, 0.3) is 0 Å². The SMILES string of the molecule is Cc1ccc(Br)cc1C1(CC(C)(C)c2ccccc2)NC(=O)NC1=O. The lowest BCUT2D eigenvalue weighted by Crippen LogP contribution is -2.48. The zero-order chi connectivity index (χ0) is 18.2. The van der Waals surface area contributed by atoms with Crippen LogP contribution in [0.3, 0.4) is 0 Å². The Morgan fingerprint density at radius 2 is 1.76 bits per heavy atom. The van der Waals surface area contributed by atoms with E-state index < -0.39 is 11.6 Å². The van der Waals surface area contributed by atoms with Gasteiger partial charge >= 0.3 is 6.03 Å². The second-order valence-corrected chi connectivity index (χ2v) is 8.12. The fourth-order valence-electron chi connectivity index (χ4n) is 3.61. The molecule has 1 saturated heterocycles. The summed E-state index contributed by atoms with van der Waals surface area (Å²) in [6.07, 6.45) is 0.457. The predicted molar refractivity (Wildman–Crippen MR) is 101 cm³/mol. The van der Waals surface area contributed by atoms with E-state index in [9.17, 15) is 9.59 Å². The summed E-state index contributed by atoms with van der Waals surface area (Å²) in [5.74, 6) is -0.303. The molecule has 0 bridgehead atoms. The molecular formula is C20H21BrN2O2. The van der Waals surface area contributed by atoms with E-state index in [2.05, 4.69) is 52.5 Å². The Hall–Kier alpha value is -2.14. The molecule has 1 fully saturated rings. The number of hydrogen-bond acceptors (Lipinski definition) is 2. The van der Waals surface area contributed by atoms with E-state index in [-0.39, 0.29) is 11.3 Å². The summed E-state index contributed by atoms with van der Waals surface area (Å²) in [5.41, 5.74) is 1.49. The van der Waals surface area contributed by atoms with Crippen LogP contribution in [0.1, 0.15) is 37.0 Å². The molecule has 2 aromatic carbocycles. The first-order chi connectivity index (χ1) is 11.7. The minimum atomic E-state index is -1.09. The van der Waals surface area contributed by atoms with Gasteiger partial charge in [0.1, 0.15) is 5.54 Å². The number of carbonyl (C=O) groups is 2. The van der Waals surface area contributed by atoms with E-state index in [1.165, 1.54) is 0 Å². The molecule has 25 heavy (non-hydrogen) atoms. The number of carbonyl (C=O) groups excluding carboxylic acids is 2. The van der Waals surface area contributed by atoms with Crippen molar-refractivity contribution >= 4 is 27.9 Å². The van der Waals surface area contributed by atoms with E-state index in [1.54, 1.807) is 0 Å². The van der Waals surface area contributed by atoms with Crippen molar-refractivity contribution in [3.05, 3.63) is 69.7 Å². The zero-order valence-corrected chi connectivity index (χ0v) is 16.1. The molecule has 2 N–H and O–H groups in total. The standard InChI is InChI=1S/C20H21BrN2O2/c1-13-9-10-15(21)11-16(13)20(17(24)22-18(25)23-20)12-19(2,3)14-7-5-4-6-8-14/h4-11H,12H2,1-3H3,(H2,22,23,24,25). The molecule has 1 aliphatic heterocycles. The van der Waals surface area contributed by atoms with Crippen LogP contribution in [0.4, 0.5) is 4.79 Å². The third-order valence-corrected chi connectivity index (χ3v) is 5.36. The molecule has 0 aliphatic carbocycles. The molecule has 1 heterocycles. The summed E-state index contributed by atoms with van der Waals surface area (Å²) in [4.78, 5) is 24.9. The average molecular weight is 401 g/mol. The van der Waals surface area contributed by atoms with Crippen molar-refractivity contribution in [2.75, 3.05) is 0 Å². The van der Waals surface area contributed by atoms with Crippen molar-refractivity contribution in [3.8, 4) is 0 Å². The van der Waals surface area contributed by atoms with Crippen LogP contribution in [0.5, 0.6) is 0 Å². The Balaban J connectivity index is 2.12. The Morgan fingerprint density at radius 3 is 2.36 bits per heavy atom. The molecule has 0 spiro atoms. The monoisotopic (exact) mass is 400 g/mol. The highest BCUT2D eigenvalue weighted by Gasteiger charge is 2.51. The fraction of sp³-hybridized carbons (Fsp3) is 0.300. The van der Waals surface area contributed by atoms with Crippen molar-refractivity contribution in [3.63, 3.8) is 0 Å². The van der Waals surface area contributed by atoms with Gasteiger partial charge in [-0.3, -0.25) is 10.1 Å². The molecule has 3 amide bonds. The number of urea groups is 1. The number of amides is 3. The van der Waals surface area contributed by atoms with Crippen molar-refractivity contribution in [2.45, 2.75) is 38.1 Å². The molecule has 3 rings (SSSR count). The molecule has 1 aliphatic rings. The lowest BCUT2D eigenvalue weighted by molar-refractivity contribution is -0.125. The molecule has 0 aromatic heterocycles. The van der Waals surface area contributed by atoms with Crippen molar-refractivity contribution in [2.24, 2.45) is 0 Å². The molecule has 0 saturated carbocycles. The molecule has 1 atom stereocenters. The molecule has 5 heteroatoms. The summed E-state index contributed by atoms with van der Waals surface area (Å²) >= 11 is 3.48. The first-order valence-electron chi connectivity index (χ1n) is 8.20. The normalized spacial score (nSPS) is 20.3. The summed E-state index contributed by atoms with van der Waals surface area (Å²) in [6, 6.07) is 15.4. The summed E-state index contributed by atoms with van der Waals surface area (Å²) < 4.78 is 0.874. The van der Waals surface area contributed by atoms with E-state index in [4.69, 9.17) is 0 Å².